The highest BCUT2D eigenvalue weighted by Crippen LogP contribution is 2.14. The minimum absolute atomic E-state index is 0.127. The maximum atomic E-state index is 11.7. The minimum Gasteiger partial charge on any atom is -0.497 e. The van der Waals surface area contributed by atoms with Gasteiger partial charge in [0.2, 0.25) is 0 Å². The van der Waals surface area contributed by atoms with Crippen molar-refractivity contribution in [2.24, 2.45) is 0 Å². The Morgan fingerprint density at radius 3 is 2.83 bits per heavy atom. The molecule has 0 aliphatic heterocycles. The van der Waals surface area contributed by atoms with Gasteiger partial charge < -0.3 is 4.74 Å². The van der Waals surface area contributed by atoms with E-state index in [1.807, 2.05) is 0 Å². The van der Waals surface area contributed by atoms with Crippen molar-refractivity contribution in [1.82, 2.24) is 9.55 Å². The highest BCUT2D eigenvalue weighted by atomic mass is 16.5. The molecule has 90 valence electrons. The van der Waals surface area contributed by atoms with Gasteiger partial charge >= 0.3 is 5.69 Å². The van der Waals surface area contributed by atoms with Crippen LogP contribution in [0.3, 0.4) is 0 Å². The lowest BCUT2D eigenvalue weighted by Crippen LogP contribution is -2.30. The Morgan fingerprint density at radius 1 is 1.39 bits per heavy atom. The predicted molar refractivity (Wildman–Crippen MR) is 63.9 cm³/mol. The van der Waals surface area contributed by atoms with Crippen LogP contribution in [0, 0.1) is 11.3 Å². The van der Waals surface area contributed by atoms with Crippen LogP contribution in [0.5, 0.6) is 5.75 Å². The molecular weight excluding hydrogens is 234 g/mol. The topological polar surface area (TPSA) is 87.9 Å². The predicted octanol–water partition coefficient (Wildman–Crippen LogP) is 0.406. The zero-order valence-electron chi connectivity index (χ0n) is 9.51. The van der Waals surface area contributed by atoms with E-state index < -0.39 is 11.2 Å². The summed E-state index contributed by atoms with van der Waals surface area (Å²) in [5, 5.41) is 8.77. The van der Waals surface area contributed by atoms with Gasteiger partial charge in [0, 0.05) is 12.3 Å². The molecule has 6 nitrogen and oxygen atoms in total. The molecule has 0 bridgehead atoms. The van der Waals surface area contributed by atoms with Crippen molar-refractivity contribution in [2.45, 2.75) is 0 Å². The van der Waals surface area contributed by atoms with Gasteiger partial charge in [-0.05, 0) is 12.1 Å². The van der Waals surface area contributed by atoms with Crippen LogP contribution in [0.2, 0.25) is 0 Å². The molecule has 1 heterocycles. The molecule has 0 atom stereocenters. The highest BCUT2D eigenvalue weighted by molar-refractivity contribution is 5.40. The lowest BCUT2D eigenvalue weighted by molar-refractivity contribution is 0.414. The van der Waals surface area contributed by atoms with Crippen LogP contribution >= 0.6 is 0 Å². The summed E-state index contributed by atoms with van der Waals surface area (Å²) in [6.45, 7) is 0. The fraction of sp³-hybridized carbons (Fsp3) is 0.0833. The van der Waals surface area contributed by atoms with Crippen LogP contribution in [-0.4, -0.2) is 16.7 Å². The van der Waals surface area contributed by atoms with Gasteiger partial charge in [-0.3, -0.25) is 14.3 Å². The fourth-order valence-electron chi connectivity index (χ4n) is 1.50. The van der Waals surface area contributed by atoms with Gasteiger partial charge in [0.1, 0.15) is 17.4 Å². The average molecular weight is 243 g/mol. The number of nitrogens with one attached hydrogen (secondary N) is 1. The van der Waals surface area contributed by atoms with Gasteiger partial charge in [-0.1, -0.05) is 6.07 Å². The molecule has 0 amide bonds. The van der Waals surface area contributed by atoms with Crippen LogP contribution in [-0.2, 0) is 0 Å². The molecule has 0 saturated heterocycles. The average Bonchev–Trinajstić information content (AvgIpc) is 2.39. The van der Waals surface area contributed by atoms with E-state index >= 15 is 0 Å². The van der Waals surface area contributed by atoms with Crippen LogP contribution in [0.4, 0.5) is 0 Å². The summed E-state index contributed by atoms with van der Waals surface area (Å²) in [4.78, 5) is 25.0. The first kappa shape index (κ1) is 11.7. The lowest BCUT2D eigenvalue weighted by Gasteiger charge is -2.06. The smallest absolute Gasteiger partial charge is 0.332 e. The van der Waals surface area contributed by atoms with Gasteiger partial charge in [0.25, 0.3) is 5.56 Å². The molecule has 1 aromatic heterocycles. The number of methoxy groups -OCH3 is 1. The highest BCUT2D eigenvalue weighted by Gasteiger charge is 2.06. The molecule has 0 fully saturated rings. The van der Waals surface area contributed by atoms with Gasteiger partial charge in [0.05, 0.1) is 12.8 Å². The normalized spacial score (nSPS) is 9.78. The van der Waals surface area contributed by atoms with Crippen molar-refractivity contribution in [2.75, 3.05) is 7.11 Å². The first-order valence-corrected chi connectivity index (χ1v) is 5.06. The van der Waals surface area contributed by atoms with Crippen molar-refractivity contribution >= 4 is 0 Å². The maximum Gasteiger partial charge on any atom is 0.332 e. The maximum absolute atomic E-state index is 11.7. The van der Waals surface area contributed by atoms with E-state index in [1.54, 1.807) is 30.3 Å². The Kier molecular flexibility index (Phi) is 2.98. The minimum atomic E-state index is -0.693. The lowest BCUT2D eigenvalue weighted by atomic mass is 10.3. The summed E-state index contributed by atoms with van der Waals surface area (Å²) >= 11 is 0. The van der Waals surface area contributed by atoms with E-state index in [9.17, 15) is 9.59 Å². The Hall–Kier alpha value is -2.81. The Bertz CT molecular complexity index is 737. The fourth-order valence-corrected chi connectivity index (χ4v) is 1.50. The summed E-state index contributed by atoms with van der Waals surface area (Å²) in [6, 6.07) is 8.46. The van der Waals surface area contributed by atoms with Crippen LogP contribution < -0.4 is 16.0 Å². The Morgan fingerprint density at radius 2 is 2.17 bits per heavy atom. The van der Waals surface area contributed by atoms with Crippen LogP contribution in [0.25, 0.3) is 5.69 Å². The molecule has 0 saturated carbocycles. The number of hydrogen-bond acceptors (Lipinski definition) is 4. The van der Waals surface area contributed by atoms with E-state index in [2.05, 4.69) is 4.98 Å². The molecule has 2 rings (SSSR count). The van der Waals surface area contributed by atoms with E-state index in [4.69, 9.17) is 10.00 Å². The zero-order valence-corrected chi connectivity index (χ0v) is 9.51. The third kappa shape index (κ3) is 2.01. The number of nitriles is 1. The Balaban J connectivity index is 2.68. The molecule has 0 radical (unpaired) electrons. The van der Waals surface area contributed by atoms with Gasteiger partial charge in [0.15, 0.2) is 0 Å². The van der Waals surface area contributed by atoms with Crippen molar-refractivity contribution in [1.29, 1.82) is 5.26 Å². The summed E-state index contributed by atoms with van der Waals surface area (Å²) in [5.74, 6) is 0.573. The van der Waals surface area contributed by atoms with E-state index in [1.165, 1.54) is 17.9 Å². The van der Waals surface area contributed by atoms with Crippen molar-refractivity contribution in [3.05, 3.63) is 56.9 Å². The first-order chi connectivity index (χ1) is 8.65. The standard InChI is InChI=1S/C12H9N3O3/c1-18-10-4-2-3-9(5-10)15-7-8(6-13)11(16)14-12(15)17/h2-5,7H,1H3,(H,14,16,17). The molecule has 1 N–H and O–H groups in total. The number of ether oxygens (including phenoxy) is 1. The SMILES string of the molecule is COc1cccc(-n2cc(C#N)c(=O)[nH]c2=O)c1. The summed E-state index contributed by atoms with van der Waals surface area (Å²) in [5.41, 5.74) is -0.918. The number of nitrogens with zero attached hydrogens (tertiary/aromatic N) is 2. The number of H-pyrrole nitrogens is 1. The molecule has 0 aliphatic rings. The second-order valence-electron chi connectivity index (χ2n) is 3.49. The summed E-state index contributed by atoms with van der Waals surface area (Å²) < 4.78 is 6.23. The molecule has 2 aromatic rings. The molecule has 18 heavy (non-hydrogen) atoms. The third-order valence-corrected chi connectivity index (χ3v) is 2.39. The zero-order chi connectivity index (χ0) is 13.1. The van der Waals surface area contributed by atoms with Crippen LogP contribution in [0.1, 0.15) is 5.56 Å². The number of hydrogen-bond donors (Lipinski definition) is 1. The third-order valence-electron chi connectivity index (χ3n) is 2.39. The first-order valence-electron chi connectivity index (χ1n) is 5.06. The van der Waals surface area contributed by atoms with E-state index in [-0.39, 0.29) is 5.56 Å². The van der Waals surface area contributed by atoms with Gasteiger partial charge in [-0.15, -0.1) is 0 Å². The van der Waals surface area contributed by atoms with E-state index in [0.29, 0.717) is 11.4 Å². The largest absolute Gasteiger partial charge is 0.497 e. The number of aromatic amines is 1. The molecular formula is C12H9N3O3. The molecule has 6 heteroatoms. The van der Waals surface area contributed by atoms with Gasteiger partial charge in [-0.25, -0.2) is 4.79 Å². The van der Waals surface area contributed by atoms with Crippen molar-refractivity contribution in [3.63, 3.8) is 0 Å². The quantitative estimate of drug-likeness (QED) is 0.827. The molecule has 0 unspecified atom stereocenters. The summed E-state index contributed by atoms with van der Waals surface area (Å²) in [6.07, 6.45) is 1.20. The molecule has 1 aromatic carbocycles. The van der Waals surface area contributed by atoms with Gasteiger partial charge in [-0.2, -0.15) is 5.26 Å². The van der Waals surface area contributed by atoms with Crippen LogP contribution in [0.15, 0.2) is 40.1 Å². The molecule has 0 aliphatic carbocycles. The molecule has 0 spiro atoms. The number of aromatic nitrogens is 2. The van der Waals surface area contributed by atoms with Crippen molar-refractivity contribution < 1.29 is 4.74 Å². The number of rotatable bonds is 2. The Labute approximate surface area is 102 Å². The second-order valence-corrected chi connectivity index (χ2v) is 3.49. The second kappa shape index (κ2) is 4.59. The van der Waals surface area contributed by atoms with Crippen molar-refractivity contribution in [3.8, 4) is 17.5 Å². The summed E-state index contributed by atoms with van der Waals surface area (Å²) in [7, 11) is 1.51. The monoisotopic (exact) mass is 243 g/mol. The van der Waals surface area contributed by atoms with E-state index in [0.717, 1.165) is 0 Å². The number of benzene rings is 1.